The number of aromatic nitrogens is 4. The lowest BCUT2D eigenvalue weighted by atomic mass is 10.1. The van der Waals surface area contributed by atoms with Crippen LogP contribution in [-0.2, 0) is 12.7 Å². The van der Waals surface area contributed by atoms with Crippen LogP contribution in [0, 0.1) is 0 Å². The van der Waals surface area contributed by atoms with Gasteiger partial charge in [0.05, 0.1) is 17.5 Å². The molecule has 1 saturated heterocycles. The third-order valence-corrected chi connectivity index (χ3v) is 6.27. The molecule has 0 unspecified atom stereocenters. The highest BCUT2D eigenvalue weighted by molar-refractivity contribution is 5.68. The molecule has 1 N–H and O–H groups in total. The van der Waals surface area contributed by atoms with Gasteiger partial charge >= 0.3 is 6.18 Å². The zero-order chi connectivity index (χ0) is 24.4. The zero-order valence-electron chi connectivity index (χ0n) is 19.3. The summed E-state index contributed by atoms with van der Waals surface area (Å²) >= 11 is 0. The summed E-state index contributed by atoms with van der Waals surface area (Å²) in [6.07, 6.45) is -0.887. The fourth-order valence-corrected chi connectivity index (χ4v) is 4.22. The van der Waals surface area contributed by atoms with Crippen molar-refractivity contribution in [1.29, 1.82) is 0 Å². The molecule has 0 amide bonds. The highest BCUT2D eigenvalue weighted by atomic mass is 19.4. The Labute approximate surface area is 201 Å². The number of benzene rings is 1. The second-order valence-electron chi connectivity index (χ2n) is 8.59. The van der Waals surface area contributed by atoms with Gasteiger partial charge < -0.3 is 10.2 Å². The SMILES string of the molecule is CCN1CCN(Cc2ccc(Nc3cc(-c4ccc(C(F)(F)F)cc4)nc4ccnn34)nc2)CC1. The molecule has 4 aromatic rings. The molecule has 1 aliphatic heterocycles. The zero-order valence-corrected chi connectivity index (χ0v) is 19.3. The van der Waals surface area contributed by atoms with E-state index >= 15 is 0 Å². The van der Waals surface area contributed by atoms with E-state index in [4.69, 9.17) is 0 Å². The second kappa shape index (κ2) is 9.63. The summed E-state index contributed by atoms with van der Waals surface area (Å²) < 4.78 is 40.4. The number of hydrogen-bond acceptors (Lipinski definition) is 6. The van der Waals surface area contributed by atoms with Crippen LogP contribution in [0.1, 0.15) is 18.1 Å². The lowest BCUT2D eigenvalue weighted by molar-refractivity contribution is -0.137. The summed E-state index contributed by atoms with van der Waals surface area (Å²) in [7, 11) is 0. The Morgan fingerprint density at radius 2 is 1.69 bits per heavy atom. The lowest BCUT2D eigenvalue weighted by Crippen LogP contribution is -2.45. The summed E-state index contributed by atoms with van der Waals surface area (Å²) in [5.41, 5.74) is 2.15. The average molecular weight is 482 g/mol. The summed E-state index contributed by atoms with van der Waals surface area (Å²) in [5, 5.41) is 7.58. The molecule has 7 nitrogen and oxygen atoms in total. The quantitative estimate of drug-likeness (QED) is 0.431. The van der Waals surface area contributed by atoms with E-state index in [0.29, 0.717) is 28.5 Å². The second-order valence-corrected chi connectivity index (χ2v) is 8.59. The molecule has 0 aliphatic carbocycles. The third kappa shape index (κ3) is 5.28. The third-order valence-electron chi connectivity index (χ3n) is 6.27. The van der Waals surface area contributed by atoms with Crippen LogP contribution < -0.4 is 5.32 Å². The van der Waals surface area contributed by atoms with Crippen molar-refractivity contribution < 1.29 is 13.2 Å². The number of rotatable bonds is 6. The number of alkyl halides is 3. The standard InChI is InChI=1S/C25H26F3N7/c1-2-33-11-13-34(14-12-33)17-18-3-8-22(29-16-18)32-24-15-21(31-23-9-10-30-35(23)24)19-4-6-20(7-5-19)25(26,27)28/h3-10,15-16H,2,11-14,17H2,1H3,(H,29,32). The monoisotopic (exact) mass is 481 g/mol. The molecule has 4 heterocycles. The summed E-state index contributed by atoms with van der Waals surface area (Å²) in [4.78, 5) is 14.0. The normalized spacial score (nSPS) is 15.5. The molecule has 35 heavy (non-hydrogen) atoms. The van der Waals surface area contributed by atoms with Gasteiger partial charge in [0, 0.05) is 56.6 Å². The summed E-state index contributed by atoms with van der Waals surface area (Å²) in [6, 6.07) is 12.5. The lowest BCUT2D eigenvalue weighted by Gasteiger charge is -2.33. The van der Waals surface area contributed by atoms with E-state index in [0.717, 1.165) is 57.0 Å². The van der Waals surface area contributed by atoms with E-state index in [2.05, 4.69) is 43.2 Å². The predicted molar refractivity (Wildman–Crippen MR) is 128 cm³/mol. The Balaban J connectivity index is 1.33. The van der Waals surface area contributed by atoms with Gasteiger partial charge in [0.25, 0.3) is 0 Å². The minimum Gasteiger partial charge on any atom is -0.325 e. The molecule has 10 heteroatoms. The Morgan fingerprint density at radius 1 is 0.943 bits per heavy atom. The molecule has 0 saturated carbocycles. The highest BCUT2D eigenvalue weighted by Crippen LogP contribution is 2.31. The van der Waals surface area contributed by atoms with Crippen molar-refractivity contribution in [2.75, 3.05) is 38.0 Å². The first-order valence-electron chi connectivity index (χ1n) is 11.6. The number of nitrogens with zero attached hydrogens (tertiary/aromatic N) is 6. The molecule has 0 spiro atoms. The van der Waals surface area contributed by atoms with Crippen molar-refractivity contribution in [3.8, 4) is 11.3 Å². The number of hydrogen-bond donors (Lipinski definition) is 1. The van der Waals surface area contributed by atoms with Gasteiger partial charge in [-0.05, 0) is 30.3 Å². The summed E-state index contributed by atoms with van der Waals surface area (Å²) in [6.45, 7) is 8.43. The van der Waals surface area contributed by atoms with Gasteiger partial charge in [0.15, 0.2) is 5.65 Å². The van der Waals surface area contributed by atoms with E-state index in [1.54, 1.807) is 22.8 Å². The largest absolute Gasteiger partial charge is 0.416 e. The minimum absolute atomic E-state index is 0.539. The van der Waals surface area contributed by atoms with Crippen LogP contribution in [0.3, 0.4) is 0 Å². The van der Waals surface area contributed by atoms with Crippen molar-refractivity contribution in [3.05, 3.63) is 72.1 Å². The molecule has 5 rings (SSSR count). The maximum atomic E-state index is 12.9. The first-order chi connectivity index (χ1) is 16.9. The number of likely N-dealkylation sites (N-methyl/N-ethyl adjacent to an activating group) is 1. The molecule has 0 radical (unpaired) electrons. The van der Waals surface area contributed by atoms with Crippen LogP contribution in [-0.4, -0.2) is 62.1 Å². The van der Waals surface area contributed by atoms with Gasteiger partial charge in [-0.2, -0.15) is 22.8 Å². The molecular formula is C25H26F3N7. The maximum Gasteiger partial charge on any atom is 0.416 e. The molecule has 1 aliphatic rings. The first kappa shape index (κ1) is 23.3. The number of nitrogens with one attached hydrogen (secondary N) is 1. The van der Waals surface area contributed by atoms with Crippen LogP contribution in [0.15, 0.2) is 60.9 Å². The summed E-state index contributed by atoms with van der Waals surface area (Å²) in [5.74, 6) is 1.26. The smallest absolute Gasteiger partial charge is 0.325 e. The number of halogens is 3. The van der Waals surface area contributed by atoms with Crippen molar-refractivity contribution in [1.82, 2.24) is 29.4 Å². The molecule has 182 valence electrons. The van der Waals surface area contributed by atoms with E-state index in [9.17, 15) is 13.2 Å². The van der Waals surface area contributed by atoms with Crippen molar-refractivity contribution in [2.24, 2.45) is 0 Å². The van der Waals surface area contributed by atoms with E-state index < -0.39 is 11.7 Å². The van der Waals surface area contributed by atoms with E-state index in [-0.39, 0.29) is 0 Å². The maximum absolute atomic E-state index is 12.9. The van der Waals surface area contributed by atoms with E-state index in [1.165, 1.54) is 12.1 Å². The molecule has 1 fully saturated rings. The van der Waals surface area contributed by atoms with E-state index in [1.807, 2.05) is 12.3 Å². The average Bonchev–Trinajstić information content (AvgIpc) is 3.34. The fourth-order valence-electron chi connectivity index (χ4n) is 4.22. The molecule has 3 aromatic heterocycles. The van der Waals surface area contributed by atoms with Crippen LogP contribution in [0.4, 0.5) is 24.8 Å². The van der Waals surface area contributed by atoms with Gasteiger partial charge in [0.2, 0.25) is 0 Å². The minimum atomic E-state index is -4.38. The van der Waals surface area contributed by atoms with Gasteiger partial charge in [-0.25, -0.2) is 9.97 Å². The van der Waals surface area contributed by atoms with Crippen molar-refractivity contribution in [3.63, 3.8) is 0 Å². The van der Waals surface area contributed by atoms with Crippen molar-refractivity contribution >= 4 is 17.3 Å². The number of piperazine rings is 1. The van der Waals surface area contributed by atoms with Gasteiger partial charge in [-0.3, -0.25) is 4.90 Å². The van der Waals surface area contributed by atoms with Gasteiger partial charge in [-0.15, -0.1) is 0 Å². The molecular weight excluding hydrogens is 455 g/mol. The van der Waals surface area contributed by atoms with Gasteiger partial charge in [-0.1, -0.05) is 25.1 Å². The molecule has 0 bridgehead atoms. The Bertz CT molecular complexity index is 1280. The Morgan fingerprint density at radius 3 is 2.34 bits per heavy atom. The fraction of sp³-hybridized carbons (Fsp3) is 0.320. The molecule has 1 aromatic carbocycles. The first-order valence-corrected chi connectivity index (χ1v) is 11.6. The number of pyridine rings is 1. The number of fused-ring (bicyclic) bond motifs is 1. The Hall–Kier alpha value is -3.50. The van der Waals surface area contributed by atoms with Gasteiger partial charge in [0.1, 0.15) is 11.6 Å². The number of anilines is 2. The van der Waals surface area contributed by atoms with Crippen molar-refractivity contribution in [2.45, 2.75) is 19.6 Å². The predicted octanol–water partition coefficient (Wildman–Crippen LogP) is 4.69. The van der Waals surface area contributed by atoms with Crippen LogP contribution >= 0.6 is 0 Å². The van der Waals surface area contributed by atoms with Crippen LogP contribution in [0.2, 0.25) is 0 Å². The highest BCUT2D eigenvalue weighted by Gasteiger charge is 2.30. The molecule has 0 atom stereocenters. The van der Waals surface area contributed by atoms with Crippen LogP contribution in [0.25, 0.3) is 16.9 Å². The van der Waals surface area contributed by atoms with Crippen LogP contribution in [0.5, 0.6) is 0 Å². The topological polar surface area (TPSA) is 61.6 Å². The Kier molecular flexibility index (Phi) is 6.40.